The summed E-state index contributed by atoms with van der Waals surface area (Å²) in [5.41, 5.74) is 0.0274. The van der Waals surface area contributed by atoms with Crippen molar-refractivity contribution in [3.05, 3.63) is 23.9 Å². The summed E-state index contributed by atoms with van der Waals surface area (Å²) in [6.45, 7) is 3.56. The molecule has 0 saturated carbocycles. The molecule has 6 heteroatoms. The van der Waals surface area contributed by atoms with Crippen molar-refractivity contribution >= 4 is 45.4 Å². The van der Waals surface area contributed by atoms with Crippen LogP contribution in [0.1, 0.15) is 23.5 Å². The van der Waals surface area contributed by atoms with Gasteiger partial charge in [0.05, 0.1) is 9.80 Å². The van der Waals surface area contributed by atoms with Crippen LogP contribution in [0.4, 0.5) is 5.69 Å². The molecule has 14 heavy (non-hydrogen) atoms. The number of hydrogen-bond donors (Lipinski definition) is 0. The standard InChI is InChI=1S/C8H8INO3S/c1-4(2)7(11)6-3-5(10(12)13)8(9)14-6/h3-4H,1-2H3. The van der Waals surface area contributed by atoms with Crippen LogP contribution >= 0.6 is 33.9 Å². The maximum absolute atomic E-state index is 11.5. The summed E-state index contributed by atoms with van der Waals surface area (Å²) in [4.78, 5) is 22.0. The molecular formula is C8H8INO3S. The number of Topliss-reactive ketones (excluding diaryl/α,β-unsaturated/α-hetero) is 1. The Kier molecular flexibility index (Phi) is 3.59. The van der Waals surface area contributed by atoms with Crippen molar-refractivity contribution < 1.29 is 9.72 Å². The molecule has 0 atom stereocenters. The normalized spacial score (nSPS) is 10.6. The molecule has 4 nitrogen and oxygen atoms in total. The molecule has 0 amide bonds. The Bertz CT molecular complexity index is 386. The Morgan fingerprint density at radius 3 is 2.57 bits per heavy atom. The van der Waals surface area contributed by atoms with Crippen LogP contribution in [0.25, 0.3) is 0 Å². The Labute approximate surface area is 98.6 Å². The molecule has 0 unspecified atom stereocenters. The SMILES string of the molecule is CC(C)C(=O)c1cc([N+](=O)[O-])c(I)s1. The van der Waals surface area contributed by atoms with Gasteiger partial charge in [-0.1, -0.05) is 13.8 Å². The highest BCUT2D eigenvalue weighted by molar-refractivity contribution is 14.1. The number of carbonyl (C=O) groups excluding carboxylic acids is 1. The van der Waals surface area contributed by atoms with Crippen LogP contribution in [0.5, 0.6) is 0 Å². The van der Waals surface area contributed by atoms with Gasteiger partial charge >= 0.3 is 0 Å². The van der Waals surface area contributed by atoms with E-state index in [9.17, 15) is 14.9 Å². The molecule has 0 aliphatic rings. The van der Waals surface area contributed by atoms with Crippen LogP contribution in [0.3, 0.4) is 0 Å². The lowest BCUT2D eigenvalue weighted by atomic mass is 10.1. The number of nitro groups is 1. The van der Waals surface area contributed by atoms with Crippen LogP contribution in [0, 0.1) is 18.9 Å². The molecular weight excluding hydrogens is 317 g/mol. The summed E-state index contributed by atoms with van der Waals surface area (Å²) in [5.74, 6) is -0.162. The molecule has 0 aromatic carbocycles. The second-order valence-electron chi connectivity index (χ2n) is 3.05. The molecule has 0 fully saturated rings. The van der Waals surface area contributed by atoms with Crippen molar-refractivity contribution in [2.24, 2.45) is 5.92 Å². The van der Waals surface area contributed by atoms with E-state index in [1.807, 2.05) is 22.6 Å². The van der Waals surface area contributed by atoms with Gasteiger partial charge < -0.3 is 0 Å². The van der Waals surface area contributed by atoms with Crippen LogP contribution < -0.4 is 0 Å². The number of halogens is 1. The first-order valence-electron chi connectivity index (χ1n) is 3.91. The maximum Gasteiger partial charge on any atom is 0.294 e. The van der Waals surface area contributed by atoms with Crippen LogP contribution in [0.2, 0.25) is 0 Å². The smallest absolute Gasteiger partial charge is 0.293 e. The topological polar surface area (TPSA) is 60.2 Å². The van der Waals surface area contributed by atoms with Gasteiger partial charge in [0.1, 0.15) is 2.88 Å². The Morgan fingerprint density at radius 1 is 1.64 bits per heavy atom. The highest BCUT2D eigenvalue weighted by atomic mass is 127. The molecule has 0 aliphatic carbocycles. The van der Waals surface area contributed by atoms with E-state index in [1.54, 1.807) is 13.8 Å². The molecule has 1 aromatic rings. The number of hydrogen-bond acceptors (Lipinski definition) is 4. The van der Waals surface area contributed by atoms with Crippen LogP contribution in [0.15, 0.2) is 6.07 Å². The predicted octanol–water partition coefficient (Wildman–Crippen LogP) is 3.10. The molecule has 1 aromatic heterocycles. The fourth-order valence-corrected chi connectivity index (χ4v) is 2.89. The van der Waals surface area contributed by atoms with Crippen molar-refractivity contribution in [3.8, 4) is 0 Å². The molecule has 1 rings (SSSR count). The largest absolute Gasteiger partial charge is 0.294 e. The van der Waals surface area contributed by atoms with E-state index >= 15 is 0 Å². The van der Waals surface area contributed by atoms with Gasteiger partial charge in [-0.2, -0.15) is 0 Å². The van der Waals surface area contributed by atoms with Gasteiger partial charge in [-0.3, -0.25) is 14.9 Å². The van der Waals surface area contributed by atoms with E-state index in [1.165, 1.54) is 17.4 Å². The van der Waals surface area contributed by atoms with E-state index in [4.69, 9.17) is 0 Å². The van der Waals surface area contributed by atoms with Gasteiger partial charge in [-0.05, 0) is 22.6 Å². The summed E-state index contributed by atoms with van der Waals surface area (Å²) in [6.07, 6.45) is 0. The first-order chi connectivity index (χ1) is 6.43. The molecule has 0 spiro atoms. The zero-order chi connectivity index (χ0) is 10.9. The molecule has 0 saturated heterocycles. The lowest BCUT2D eigenvalue weighted by Crippen LogP contribution is -2.04. The van der Waals surface area contributed by atoms with Crippen molar-refractivity contribution in [2.45, 2.75) is 13.8 Å². The molecule has 0 aliphatic heterocycles. The zero-order valence-electron chi connectivity index (χ0n) is 7.61. The Hall–Kier alpha value is -0.500. The van der Waals surface area contributed by atoms with Crippen molar-refractivity contribution in [1.29, 1.82) is 0 Å². The zero-order valence-corrected chi connectivity index (χ0v) is 10.6. The predicted molar refractivity (Wildman–Crippen MR) is 62.9 cm³/mol. The third-order valence-electron chi connectivity index (χ3n) is 1.63. The lowest BCUT2D eigenvalue weighted by Gasteiger charge is -1.97. The van der Waals surface area contributed by atoms with Gasteiger partial charge in [0.2, 0.25) is 0 Å². The van der Waals surface area contributed by atoms with E-state index in [-0.39, 0.29) is 17.4 Å². The van der Waals surface area contributed by atoms with Gasteiger partial charge in [0.15, 0.2) is 5.78 Å². The second-order valence-corrected chi connectivity index (χ2v) is 5.91. The molecule has 0 N–H and O–H groups in total. The quantitative estimate of drug-likeness (QED) is 0.371. The van der Waals surface area contributed by atoms with Crippen molar-refractivity contribution in [1.82, 2.24) is 0 Å². The molecule has 1 heterocycles. The number of carbonyl (C=O) groups is 1. The van der Waals surface area contributed by atoms with Gasteiger partial charge in [-0.15, -0.1) is 11.3 Å². The Balaban J connectivity index is 3.09. The minimum Gasteiger partial charge on any atom is -0.293 e. The van der Waals surface area contributed by atoms with Crippen LogP contribution in [-0.4, -0.2) is 10.7 Å². The van der Waals surface area contributed by atoms with Gasteiger partial charge in [0, 0.05) is 12.0 Å². The van der Waals surface area contributed by atoms with Crippen LogP contribution in [-0.2, 0) is 0 Å². The minimum absolute atomic E-state index is 0.0274. The van der Waals surface area contributed by atoms with Gasteiger partial charge in [0.25, 0.3) is 5.69 Å². The highest BCUT2D eigenvalue weighted by Crippen LogP contribution is 2.31. The number of thiophene rings is 1. The monoisotopic (exact) mass is 325 g/mol. The first-order valence-corrected chi connectivity index (χ1v) is 5.81. The first kappa shape index (κ1) is 11.6. The molecule has 0 radical (unpaired) electrons. The average Bonchev–Trinajstić information content (AvgIpc) is 2.45. The summed E-state index contributed by atoms with van der Waals surface area (Å²) in [5, 5.41) is 10.5. The number of ketones is 1. The number of nitrogens with zero attached hydrogens (tertiary/aromatic N) is 1. The fourth-order valence-electron chi connectivity index (χ4n) is 0.890. The van der Waals surface area contributed by atoms with Gasteiger partial charge in [-0.25, -0.2) is 0 Å². The summed E-state index contributed by atoms with van der Waals surface area (Å²) >= 11 is 3.05. The molecule has 76 valence electrons. The van der Waals surface area contributed by atoms with E-state index in [2.05, 4.69) is 0 Å². The third kappa shape index (κ3) is 2.30. The summed E-state index contributed by atoms with van der Waals surface area (Å²) < 4.78 is 0.552. The minimum atomic E-state index is -0.463. The number of rotatable bonds is 3. The lowest BCUT2D eigenvalue weighted by molar-refractivity contribution is -0.385. The van der Waals surface area contributed by atoms with E-state index < -0.39 is 4.92 Å². The molecule has 0 bridgehead atoms. The van der Waals surface area contributed by atoms with Crippen molar-refractivity contribution in [2.75, 3.05) is 0 Å². The third-order valence-corrected chi connectivity index (χ3v) is 3.77. The summed E-state index contributed by atoms with van der Waals surface area (Å²) in [7, 11) is 0. The fraction of sp³-hybridized carbons (Fsp3) is 0.375. The Morgan fingerprint density at radius 2 is 2.21 bits per heavy atom. The second kappa shape index (κ2) is 4.35. The summed E-state index contributed by atoms with van der Waals surface area (Å²) in [6, 6.07) is 1.36. The highest BCUT2D eigenvalue weighted by Gasteiger charge is 2.21. The van der Waals surface area contributed by atoms with E-state index in [0.717, 1.165) is 0 Å². The average molecular weight is 325 g/mol. The van der Waals surface area contributed by atoms with Crippen molar-refractivity contribution in [3.63, 3.8) is 0 Å². The maximum atomic E-state index is 11.5. The van der Waals surface area contributed by atoms with E-state index in [0.29, 0.717) is 7.76 Å².